The molecule has 21 heavy (non-hydrogen) atoms. The van der Waals surface area contributed by atoms with Crippen molar-refractivity contribution in [3.8, 4) is 0 Å². The van der Waals surface area contributed by atoms with Crippen LogP contribution in [0.3, 0.4) is 0 Å². The number of aryl methyl sites for hydroxylation is 1. The van der Waals surface area contributed by atoms with Crippen molar-refractivity contribution in [1.29, 1.82) is 0 Å². The highest BCUT2D eigenvalue weighted by Gasteiger charge is 2.23. The van der Waals surface area contributed by atoms with Crippen LogP contribution >= 0.6 is 0 Å². The van der Waals surface area contributed by atoms with E-state index in [1.54, 1.807) is 30.3 Å². The number of nitrogens with one attached hydrogen (secondary N) is 1. The monoisotopic (exact) mass is 287 g/mol. The minimum Gasteiger partial charge on any atom is -0.479 e. The highest BCUT2D eigenvalue weighted by Crippen LogP contribution is 2.13. The second-order valence-electron chi connectivity index (χ2n) is 4.34. The van der Waals surface area contributed by atoms with Crippen LogP contribution in [0.15, 0.2) is 47.3 Å². The Kier molecular flexibility index (Phi) is 4.13. The quantitative estimate of drug-likeness (QED) is 0.844. The van der Waals surface area contributed by atoms with E-state index in [4.69, 9.17) is 0 Å². The lowest BCUT2D eigenvalue weighted by Gasteiger charge is -2.14. The smallest absolute Gasteiger partial charge is 0.330 e. The third kappa shape index (κ3) is 3.33. The van der Waals surface area contributed by atoms with Gasteiger partial charge in [0.25, 0.3) is 11.5 Å². The van der Waals surface area contributed by atoms with Gasteiger partial charge in [-0.25, -0.2) is 9.48 Å². The Morgan fingerprint density at radius 1 is 1.19 bits per heavy atom. The fraction of sp³-hybridized carbons (Fsp3) is 0.143. The average Bonchev–Trinajstić information content (AvgIpc) is 2.48. The number of benzene rings is 1. The van der Waals surface area contributed by atoms with E-state index in [2.05, 4.69) is 10.4 Å². The summed E-state index contributed by atoms with van der Waals surface area (Å²) in [5, 5.41) is 15.4. The van der Waals surface area contributed by atoms with Crippen molar-refractivity contribution >= 4 is 11.9 Å². The molecular formula is C14H13N3O4. The van der Waals surface area contributed by atoms with Crippen molar-refractivity contribution in [2.45, 2.75) is 6.04 Å². The van der Waals surface area contributed by atoms with Crippen molar-refractivity contribution in [3.05, 3.63) is 64.1 Å². The molecule has 1 amide bonds. The molecule has 1 aromatic carbocycles. The molecule has 0 aliphatic rings. The summed E-state index contributed by atoms with van der Waals surface area (Å²) in [6.45, 7) is 0. The van der Waals surface area contributed by atoms with Crippen molar-refractivity contribution in [1.82, 2.24) is 15.1 Å². The third-order valence-electron chi connectivity index (χ3n) is 2.85. The maximum atomic E-state index is 12.0. The molecule has 0 saturated heterocycles. The topological polar surface area (TPSA) is 101 Å². The van der Waals surface area contributed by atoms with Gasteiger partial charge in [-0.15, -0.1) is 0 Å². The number of hydrogen-bond acceptors (Lipinski definition) is 4. The van der Waals surface area contributed by atoms with Crippen LogP contribution < -0.4 is 10.9 Å². The summed E-state index contributed by atoms with van der Waals surface area (Å²) < 4.78 is 1.01. The molecule has 0 fully saturated rings. The molecule has 7 heteroatoms. The number of aromatic nitrogens is 2. The number of rotatable bonds is 4. The van der Waals surface area contributed by atoms with Crippen LogP contribution in [0.5, 0.6) is 0 Å². The zero-order valence-corrected chi connectivity index (χ0v) is 11.2. The van der Waals surface area contributed by atoms with Crippen molar-refractivity contribution in [2.75, 3.05) is 0 Å². The van der Waals surface area contributed by atoms with Gasteiger partial charge in [-0.2, -0.15) is 5.10 Å². The second-order valence-corrected chi connectivity index (χ2v) is 4.34. The Morgan fingerprint density at radius 3 is 2.43 bits per heavy atom. The first-order valence-electron chi connectivity index (χ1n) is 6.12. The SMILES string of the molecule is Cn1nc(C(=O)NC(C(=O)O)c2ccccc2)ccc1=O. The fourth-order valence-electron chi connectivity index (χ4n) is 1.76. The van der Waals surface area contributed by atoms with Gasteiger partial charge in [-0.3, -0.25) is 9.59 Å². The average molecular weight is 287 g/mol. The van der Waals surface area contributed by atoms with Gasteiger partial charge in [-0.1, -0.05) is 30.3 Å². The van der Waals surface area contributed by atoms with Gasteiger partial charge in [0.15, 0.2) is 6.04 Å². The van der Waals surface area contributed by atoms with Crippen LogP contribution in [-0.4, -0.2) is 26.8 Å². The van der Waals surface area contributed by atoms with Gasteiger partial charge >= 0.3 is 5.97 Å². The molecule has 0 spiro atoms. The molecule has 2 aromatic rings. The molecule has 7 nitrogen and oxygen atoms in total. The molecule has 0 saturated carbocycles. The molecule has 0 aliphatic carbocycles. The Hall–Kier alpha value is -2.96. The number of hydrogen-bond donors (Lipinski definition) is 2. The first-order chi connectivity index (χ1) is 9.99. The second kappa shape index (κ2) is 6.00. The zero-order chi connectivity index (χ0) is 15.4. The van der Waals surface area contributed by atoms with Crippen LogP contribution in [0.4, 0.5) is 0 Å². The normalized spacial score (nSPS) is 11.7. The molecule has 1 heterocycles. The zero-order valence-electron chi connectivity index (χ0n) is 11.2. The number of nitrogens with zero attached hydrogens (tertiary/aromatic N) is 2. The van der Waals surface area contributed by atoms with E-state index in [-0.39, 0.29) is 11.3 Å². The van der Waals surface area contributed by atoms with E-state index in [0.717, 1.165) is 4.68 Å². The maximum absolute atomic E-state index is 12.0. The van der Waals surface area contributed by atoms with Crippen LogP contribution in [0.25, 0.3) is 0 Å². The molecule has 1 aromatic heterocycles. The van der Waals surface area contributed by atoms with Gasteiger partial charge in [-0.05, 0) is 11.6 Å². The minimum atomic E-state index is -1.18. The van der Waals surface area contributed by atoms with Crippen LogP contribution in [0, 0.1) is 0 Å². The van der Waals surface area contributed by atoms with Gasteiger partial charge < -0.3 is 10.4 Å². The fourth-order valence-corrected chi connectivity index (χ4v) is 1.76. The summed E-state index contributed by atoms with van der Waals surface area (Å²) in [6, 6.07) is 9.59. The Labute approximate surface area is 119 Å². The highest BCUT2D eigenvalue weighted by molar-refractivity contribution is 5.95. The predicted molar refractivity (Wildman–Crippen MR) is 73.8 cm³/mol. The van der Waals surface area contributed by atoms with Crippen LogP contribution in [0.1, 0.15) is 22.1 Å². The van der Waals surface area contributed by atoms with Crippen molar-refractivity contribution in [2.24, 2.45) is 7.05 Å². The summed E-state index contributed by atoms with van der Waals surface area (Å²) in [5.41, 5.74) is 0.0619. The number of carboxylic acids is 1. The lowest BCUT2D eigenvalue weighted by atomic mass is 10.1. The Bertz CT molecular complexity index is 724. The number of carbonyl (C=O) groups is 2. The molecule has 108 valence electrons. The third-order valence-corrected chi connectivity index (χ3v) is 2.85. The lowest BCUT2D eigenvalue weighted by Crippen LogP contribution is -2.35. The molecule has 0 radical (unpaired) electrons. The summed E-state index contributed by atoms with van der Waals surface area (Å²) >= 11 is 0. The largest absolute Gasteiger partial charge is 0.479 e. The number of carboxylic acid groups (broad SMARTS) is 1. The minimum absolute atomic E-state index is 0.0284. The summed E-state index contributed by atoms with van der Waals surface area (Å²) in [4.78, 5) is 34.6. The van der Waals surface area contributed by atoms with Gasteiger partial charge in [0.05, 0.1) is 0 Å². The molecule has 1 atom stereocenters. The maximum Gasteiger partial charge on any atom is 0.330 e. The molecule has 2 rings (SSSR count). The molecule has 2 N–H and O–H groups in total. The lowest BCUT2D eigenvalue weighted by molar-refractivity contribution is -0.139. The van der Waals surface area contributed by atoms with Crippen LogP contribution in [-0.2, 0) is 11.8 Å². The van der Waals surface area contributed by atoms with E-state index in [1.165, 1.54) is 19.2 Å². The standard InChI is InChI=1S/C14H13N3O4/c1-17-11(18)8-7-10(16-17)13(19)15-12(14(20)21)9-5-3-2-4-6-9/h2-8,12H,1H3,(H,15,19)(H,20,21). The Morgan fingerprint density at radius 2 is 1.86 bits per heavy atom. The summed E-state index contributed by atoms with van der Waals surface area (Å²) in [7, 11) is 1.41. The first-order valence-corrected chi connectivity index (χ1v) is 6.12. The Balaban J connectivity index is 2.25. The van der Waals surface area contributed by atoms with E-state index in [9.17, 15) is 19.5 Å². The van der Waals surface area contributed by atoms with E-state index >= 15 is 0 Å². The van der Waals surface area contributed by atoms with Gasteiger partial charge in [0.1, 0.15) is 5.69 Å². The van der Waals surface area contributed by atoms with E-state index < -0.39 is 17.9 Å². The number of aliphatic carboxylic acids is 1. The number of amides is 1. The van der Waals surface area contributed by atoms with Gasteiger partial charge in [0.2, 0.25) is 0 Å². The van der Waals surface area contributed by atoms with Crippen molar-refractivity contribution < 1.29 is 14.7 Å². The van der Waals surface area contributed by atoms with E-state index in [0.29, 0.717) is 5.56 Å². The predicted octanol–water partition coefficient (Wildman–Crippen LogP) is 0.336. The van der Waals surface area contributed by atoms with Crippen LogP contribution in [0.2, 0.25) is 0 Å². The molecule has 0 aliphatic heterocycles. The molecule has 1 unspecified atom stereocenters. The molecule has 0 bridgehead atoms. The van der Waals surface area contributed by atoms with Crippen molar-refractivity contribution in [3.63, 3.8) is 0 Å². The highest BCUT2D eigenvalue weighted by atomic mass is 16.4. The summed E-state index contributed by atoms with van der Waals surface area (Å²) in [5.74, 6) is -1.85. The van der Waals surface area contributed by atoms with Gasteiger partial charge in [0, 0.05) is 13.1 Å². The first kappa shape index (κ1) is 14.4. The molecular weight excluding hydrogens is 274 g/mol. The number of carbonyl (C=O) groups excluding carboxylic acids is 1. The van der Waals surface area contributed by atoms with E-state index in [1.807, 2.05) is 0 Å². The summed E-state index contributed by atoms with van der Waals surface area (Å²) in [6.07, 6.45) is 0.